The van der Waals surface area contributed by atoms with Crippen LogP contribution in [0.1, 0.15) is 23.2 Å². The maximum atomic E-state index is 13.0. The second-order valence-corrected chi connectivity index (χ2v) is 7.03. The minimum Gasteiger partial charge on any atom is -0.338 e. The number of hydrogen-bond acceptors (Lipinski definition) is 2. The Balaban J connectivity index is 1.65. The molecule has 1 fully saturated rings. The van der Waals surface area contributed by atoms with Crippen molar-refractivity contribution in [3.05, 3.63) is 63.9 Å². The summed E-state index contributed by atoms with van der Waals surface area (Å²) in [6, 6.07) is 10.3. The van der Waals surface area contributed by atoms with E-state index in [1.54, 1.807) is 23.1 Å². The predicted molar refractivity (Wildman–Crippen MR) is 100 cm³/mol. The molecule has 1 unspecified atom stereocenters. The average Bonchev–Trinajstić information content (AvgIpc) is 2.65. The Labute approximate surface area is 160 Å². The van der Waals surface area contributed by atoms with Crippen molar-refractivity contribution in [1.29, 1.82) is 0 Å². The molecule has 0 radical (unpaired) electrons. The van der Waals surface area contributed by atoms with E-state index in [1.165, 1.54) is 24.3 Å². The molecule has 26 heavy (non-hydrogen) atoms. The Hall–Kier alpha value is -2.11. The number of benzene rings is 2. The molecule has 0 aliphatic carbocycles. The standard InChI is InChI=1S/C19H17Cl2FN2O2/c20-16-8-7-15(10-17(16)21)23-18(25)13-2-1-9-24(11-13)19(26)12-3-5-14(22)6-4-12/h3-8,10,13H,1-2,9,11H2,(H,23,25). The highest BCUT2D eigenvalue weighted by Crippen LogP contribution is 2.26. The van der Waals surface area contributed by atoms with Gasteiger partial charge in [-0.3, -0.25) is 9.59 Å². The minimum absolute atomic E-state index is 0.167. The average molecular weight is 395 g/mol. The molecular weight excluding hydrogens is 378 g/mol. The Morgan fingerprint density at radius 1 is 1.08 bits per heavy atom. The van der Waals surface area contributed by atoms with Crippen LogP contribution in [0.15, 0.2) is 42.5 Å². The van der Waals surface area contributed by atoms with Gasteiger partial charge in [0.1, 0.15) is 5.82 Å². The van der Waals surface area contributed by atoms with Crippen molar-refractivity contribution in [3.63, 3.8) is 0 Å². The van der Waals surface area contributed by atoms with Crippen LogP contribution in [-0.2, 0) is 4.79 Å². The smallest absolute Gasteiger partial charge is 0.253 e. The summed E-state index contributed by atoms with van der Waals surface area (Å²) in [7, 11) is 0. The van der Waals surface area contributed by atoms with Crippen LogP contribution in [0.25, 0.3) is 0 Å². The summed E-state index contributed by atoms with van der Waals surface area (Å²) < 4.78 is 13.0. The van der Waals surface area contributed by atoms with Gasteiger partial charge in [0.05, 0.1) is 16.0 Å². The van der Waals surface area contributed by atoms with Crippen molar-refractivity contribution in [2.75, 3.05) is 18.4 Å². The highest BCUT2D eigenvalue weighted by Gasteiger charge is 2.29. The first-order valence-electron chi connectivity index (χ1n) is 8.25. The Bertz CT molecular complexity index is 827. The first kappa shape index (κ1) is 18.7. The van der Waals surface area contributed by atoms with Gasteiger partial charge in [-0.05, 0) is 55.3 Å². The number of piperidine rings is 1. The first-order valence-corrected chi connectivity index (χ1v) is 9.00. The molecule has 2 aromatic rings. The van der Waals surface area contributed by atoms with Crippen LogP contribution < -0.4 is 5.32 Å². The van der Waals surface area contributed by atoms with Crippen LogP contribution in [0.5, 0.6) is 0 Å². The largest absolute Gasteiger partial charge is 0.338 e. The van der Waals surface area contributed by atoms with Crippen molar-refractivity contribution in [2.45, 2.75) is 12.8 Å². The van der Waals surface area contributed by atoms with Gasteiger partial charge in [0, 0.05) is 24.3 Å². The van der Waals surface area contributed by atoms with Gasteiger partial charge in [0.25, 0.3) is 5.91 Å². The fraction of sp³-hybridized carbons (Fsp3) is 0.263. The molecule has 0 bridgehead atoms. The summed E-state index contributed by atoms with van der Waals surface area (Å²) in [6.07, 6.45) is 1.42. The van der Waals surface area contributed by atoms with E-state index in [2.05, 4.69) is 5.32 Å². The van der Waals surface area contributed by atoms with E-state index >= 15 is 0 Å². The Morgan fingerprint density at radius 3 is 2.50 bits per heavy atom. The van der Waals surface area contributed by atoms with Crippen LogP contribution in [0, 0.1) is 11.7 Å². The van der Waals surface area contributed by atoms with Gasteiger partial charge < -0.3 is 10.2 Å². The summed E-state index contributed by atoms with van der Waals surface area (Å²) >= 11 is 11.8. The number of rotatable bonds is 3. The SMILES string of the molecule is O=C(Nc1ccc(Cl)c(Cl)c1)C1CCCN(C(=O)c2ccc(F)cc2)C1. The van der Waals surface area contributed by atoms with Gasteiger partial charge in [-0.2, -0.15) is 0 Å². The Kier molecular flexibility index (Phi) is 5.79. The third-order valence-electron chi connectivity index (χ3n) is 4.36. The molecule has 1 saturated heterocycles. The van der Waals surface area contributed by atoms with Crippen molar-refractivity contribution in [2.24, 2.45) is 5.92 Å². The highest BCUT2D eigenvalue weighted by atomic mass is 35.5. The van der Waals surface area contributed by atoms with E-state index in [0.717, 1.165) is 6.42 Å². The molecule has 1 aliphatic heterocycles. The number of carbonyl (C=O) groups is 2. The molecule has 0 spiro atoms. The fourth-order valence-electron chi connectivity index (χ4n) is 2.97. The zero-order chi connectivity index (χ0) is 18.7. The van der Waals surface area contributed by atoms with E-state index in [9.17, 15) is 14.0 Å². The number of nitrogens with one attached hydrogen (secondary N) is 1. The second kappa shape index (κ2) is 8.06. The van der Waals surface area contributed by atoms with E-state index in [4.69, 9.17) is 23.2 Å². The monoisotopic (exact) mass is 394 g/mol. The molecule has 2 aromatic carbocycles. The lowest BCUT2D eigenvalue weighted by Crippen LogP contribution is -2.43. The number of halogens is 3. The van der Waals surface area contributed by atoms with E-state index in [-0.39, 0.29) is 23.5 Å². The van der Waals surface area contributed by atoms with E-state index < -0.39 is 0 Å². The summed E-state index contributed by atoms with van der Waals surface area (Å²) in [5, 5.41) is 3.59. The number of anilines is 1. The molecule has 1 aliphatic rings. The lowest BCUT2D eigenvalue weighted by atomic mass is 9.96. The zero-order valence-electron chi connectivity index (χ0n) is 13.8. The topological polar surface area (TPSA) is 49.4 Å². The van der Waals surface area contributed by atoms with Gasteiger partial charge in [-0.15, -0.1) is 0 Å². The molecule has 4 nitrogen and oxygen atoms in total. The summed E-state index contributed by atoms with van der Waals surface area (Å²) in [5.41, 5.74) is 0.975. The quantitative estimate of drug-likeness (QED) is 0.825. The third-order valence-corrected chi connectivity index (χ3v) is 5.10. The lowest BCUT2D eigenvalue weighted by molar-refractivity contribution is -0.121. The number of hydrogen-bond donors (Lipinski definition) is 1. The molecule has 1 N–H and O–H groups in total. The minimum atomic E-state index is -0.390. The van der Waals surface area contributed by atoms with Gasteiger partial charge >= 0.3 is 0 Å². The van der Waals surface area contributed by atoms with Crippen LogP contribution in [0.3, 0.4) is 0 Å². The summed E-state index contributed by atoms with van der Waals surface area (Å²) in [4.78, 5) is 26.7. The maximum absolute atomic E-state index is 13.0. The van der Waals surface area contributed by atoms with Crippen LogP contribution in [-0.4, -0.2) is 29.8 Å². The van der Waals surface area contributed by atoms with Crippen LogP contribution in [0.2, 0.25) is 10.0 Å². The van der Waals surface area contributed by atoms with Crippen LogP contribution in [0.4, 0.5) is 10.1 Å². The van der Waals surface area contributed by atoms with Crippen molar-refractivity contribution < 1.29 is 14.0 Å². The first-order chi connectivity index (χ1) is 12.4. The summed E-state index contributed by atoms with van der Waals surface area (Å²) in [5.74, 6) is -1.07. The third kappa shape index (κ3) is 4.34. The molecule has 136 valence electrons. The van der Waals surface area contributed by atoms with Crippen LogP contribution >= 0.6 is 23.2 Å². The molecule has 7 heteroatoms. The predicted octanol–water partition coefficient (Wildman–Crippen LogP) is 4.62. The number of carbonyl (C=O) groups excluding carboxylic acids is 2. The highest BCUT2D eigenvalue weighted by molar-refractivity contribution is 6.42. The van der Waals surface area contributed by atoms with Crippen molar-refractivity contribution >= 4 is 40.7 Å². The molecule has 2 amide bonds. The number of nitrogens with zero attached hydrogens (tertiary/aromatic N) is 1. The number of amides is 2. The molecule has 1 atom stereocenters. The second-order valence-electron chi connectivity index (χ2n) is 6.22. The lowest BCUT2D eigenvalue weighted by Gasteiger charge is -2.32. The molecular formula is C19H17Cl2FN2O2. The molecule has 3 rings (SSSR count). The van der Waals surface area contributed by atoms with Gasteiger partial charge in [0.15, 0.2) is 0 Å². The Morgan fingerprint density at radius 2 is 1.81 bits per heavy atom. The molecule has 1 heterocycles. The molecule has 0 aromatic heterocycles. The molecule has 0 saturated carbocycles. The van der Waals surface area contributed by atoms with Gasteiger partial charge in [0.2, 0.25) is 5.91 Å². The van der Waals surface area contributed by atoms with Gasteiger partial charge in [-0.1, -0.05) is 23.2 Å². The van der Waals surface area contributed by atoms with Crippen molar-refractivity contribution in [3.8, 4) is 0 Å². The summed E-state index contributed by atoms with van der Waals surface area (Å²) in [6.45, 7) is 0.899. The maximum Gasteiger partial charge on any atom is 0.253 e. The van der Waals surface area contributed by atoms with E-state index in [1.807, 2.05) is 0 Å². The fourth-order valence-corrected chi connectivity index (χ4v) is 3.27. The van der Waals surface area contributed by atoms with Gasteiger partial charge in [-0.25, -0.2) is 4.39 Å². The van der Waals surface area contributed by atoms with Crippen molar-refractivity contribution in [1.82, 2.24) is 4.90 Å². The number of likely N-dealkylation sites (tertiary alicyclic amines) is 1. The normalized spacial score (nSPS) is 17.0. The van der Waals surface area contributed by atoms with E-state index in [0.29, 0.717) is 40.8 Å². The zero-order valence-corrected chi connectivity index (χ0v) is 15.4.